The molecule has 0 aliphatic carbocycles. The zero-order valence-corrected chi connectivity index (χ0v) is 27.3. The molecule has 1 heterocycles. The number of rotatable bonds is 17. The number of benzene rings is 4. The Hall–Kier alpha value is -4.15. The highest BCUT2D eigenvalue weighted by atomic mass is 16.7. The third kappa shape index (κ3) is 9.26. The minimum absolute atomic E-state index is 0.0369. The summed E-state index contributed by atoms with van der Waals surface area (Å²) in [5.74, 6) is -4.06. The van der Waals surface area contributed by atoms with Gasteiger partial charge in [0.1, 0.15) is 30.3 Å². The Balaban J connectivity index is 1.54. The highest BCUT2D eigenvalue weighted by Gasteiger charge is 2.61. The van der Waals surface area contributed by atoms with Crippen molar-refractivity contribution in [1.29, 1.82) is 0 Å². The predicted octanol–water partition coefficient (Wildman–Crippen LogP) is 6.41. The predicted molar refractivity (Wildman–Crippen MR) is 181 cm³/mol. The molecule has 5 rings (SSSR count). The maximum absolute atomic E-state index is 13.3. The fraction of sp³-hybridized carbons (Fsp3) is 0.325. The first-order valence-electron chi connectivity index (χ1n) is 16.2. The third-order valence-corrected chi connectivity index (χ3v) is 8.36. The van der Waals surface area contributed by atoms with E-state index in [1.165, 1.54) is 7.11 Å². The summed E-state index contributed by atoms with van der Waals surface area (Å²) < 4.78 is 37.8. The molecule has 1 N–H and O–H groups in total. The van der Waals surface area contributed by atoms with Crippen LogP contribution in [0.25, 0.3) is 0 Å². The van der Waals surface area contributed by atoms with Gasteiger partial charge in [0.25, 0.3) is 0 Å². The number of aliphatic hydroxyl groups is 1. The molecule has 4 aromatic rings. The Morgan fingerprint density at radius 1 is 0.729 bits per heavy atom. The molecule has 48 heavy (non-hydrogen) atoms. The molecule has 6 atom stereocenters. The Morgan fingerprint density at radius 2 is 1.17 bits per heavy atom. The van der Waals surface area contributed by atoms with Crippen molar-refractivity contribution in [2.45, 2.75) is 63.1 Å². The Morgan fingerprint density at radius 3 is 1.62 bits per heavy atom. The van der Waals surface area contributed by atoms with Crippen LogP contribution < -0.4 is 0 Å². The van der Waals surface area contributed by atoms with Crippen molar-refractivity contribution in [2.24, 2.45) is 5.92 Å². The SMILES string of the molecule is C=CCC(C(=O)OC)[C@]1(O)OC(COCc2ccccc2)[C@@H](OCc2ccccc2)C(OCc2ccccc2)C1OCc1ccccc1. The Bertz CT molecular complexity index is 1520. The highest BCUT2D eigenvalue weighted by molar-refractivity contribution is 5.74. The van der Waals surface area contributed by atoms with Crippen molar-refractivity contribution < 1.29 is 38.3 Å². The molecule has 1 fully saturated rings. The number of ether oxygens (including phenoxy) is 6. The van der Waals surface area contributed by atoms with Gasteiger partial charge in [0.2, 0.25) is 5.79 Å². The molecule has 0 saturated carbocycles. The van der Waals surface area contributed by atoms with Gasteiger partial charge < -0.3 is 33.5 Å². The molecule has 1 aliphatic heterocycles. The number of esters is 1. The first-order chi connectivity index (χ1) is 23.5. The minimum atomic E-state index is -2.20. The average molecular weight is 653 g/mol. The Labute approximate surface area is 282 Å². The van der Waals surface area contributed by atoms with Gasteiger partial charge in [-0.3, -0.25) is 4.79 Å². The van der Waals surface area contributed by atoms with Gasteiger partial charge in [-0.15, -0.1) is 6.58 Å². The summed E-state index contributed by atoms with van der Waals surface area (Å²) >= 11 is 0. The van der Waals surface area contributed by atoms with Crippen LogP contribution in [0.15, 0.2) is 134 Å². The fourth-order valence-corrected chi connectivity index (χ4v) is 5.91. The van der Waals surface area contributed by atoms with Crippen LogP contribution in [-0.2, 0) is 59.6 Å². The van der Waals surface area contributed by atoms with Crippen molar-refractivity contribution in [2.75, 3.05) is 13.7 Å². The number of hydrogen-bond acceptors (Lipinski definition) is 8. The van der Waals surface area contributed by atoms with E-state index in [0.29, 0.717) is 6.61 Å². The zero-order valence-electron chi connectivity index (χ0n) is 27.3. The molecule has 0 amide bonds. The molecule has 4 unspecified atom stereocenters. The summed E-state index contributed by atoms with van der Waals surface area (Å²) in [7, 11) is 1.28. The van der Waals surface area contributed by atoms with Crippen LogP contribution >= 0.6 is 0 Å². The number of methoxy groups -OCH3 is 1. The molecule has 4 aromatic carbocycles. The number of hydrogen-bond donors (Lipinski definition) is 1. The van der Waals surface area contributed by atoms with Crippen LogP contribution in [0.1, 0.15) is 28.7 Å². The summed E-state index contributed by atoms with van der Waals surface area (Å²) in [5.41, 5.74) is 3.72. The molecular formula is C40H44O8. The molecule has 0 spiro atoms. The van der Waals surface area contributed by atoms with Gasteiger partial charge in [0.05, 0.1) is 40.1 Å². The molecule has 8 heteroatoms. The molecule has 0 aromatic heterocycles. The van der Waals surface area contributed by atoms with Crippen LogP contribution in [0, 0.1) is 5.92 Å². The second-order valence-electron chi connectivity index (χ2n) is 11.7. The first kappa shape index (κ1) is 35.2. The van der Waals surface area contributed by atoms with Gasteiger partial charge in [-0.05, 0) is 28.7 Å². The van der Waals surface area contributed by atoms with Gasteiger partial charge in [0, 0.05) is 0 Å². The van der Waals surface area contributed by atoms with E-state index >= 15 is 0 Å². The van der Waals surface area contributed by atoms with E-state index in [0.717, 1.165) is 22.3 Å². The lowest BCUT2D eigenvalue weighted by Gasteiger charge is -2.52. The van der Waals surface area contributed by atoms with E-state index in [1.54, 1.807) is 6.08 Å². The van der Waals surface area contributed by atoms with E-state index in [1.807, 2.05) is 121 Å². The quantitative estimate of drug-likeness (QED) is 0.103. The summed E-state index contributed by atoms with van der Waals surface area (Å²) in [4.78, 5) is 13.3. The Kier molecular flexibility index (Phi) is 13.1. The highest BCUT2D eigenvalue weighted by Crippen LogP contribution is 2.41. The maximum Gasteiger partial charge on any atom is 0.314 e. The smallest absolute Gasteiger partial charge is 0.314 e. The minimum Gasteiger partial charge on any atom is -0.469 e. The van der Waals surface area contributed by atoms with Gasteiger partial charge in [0.15, 0.2) is 0 Å². The summed E-state index contributed by atoms with van der Waals surface area (Å²) in [6.07, 6.45) is -2.11. The zero-order chi connectivity index (χ0) is 33.6. The average Bonchev–Trinajstić information content (AvgIpc) is 3.13. The van der Waals surface area contributed by atoms with Gasteiger partial charge in [-0.2, -0.15) is 0 Å². The molecule has 8 nitrogen and oxygen atoms in total. The van der Waals surface area contributed by atoms with E-state index in [-0.39, 0.29) is 32.8 Å². The first-order valence-corrected chi connectivity index (χ1v) is 16.2. The van der Waals surface area contributed by atoms with E-state index in [9.17, 15) is 9.90 Å². The molecular weight excluding hydrogens is 608 g/mol. The maximum atomic E-state index is 13.3. The number of allylic oxidation sites excluding steroid dienone is 1. The molecule has 1 saturated heterocycles. The summed E-state index contributed by atoms with van der Waals surface area (Å²) in [5, 5.41) is 12.7. The lowest BCUT2D eigenvalue weighted by Crippen LogP contribution is -2.70. The van der Waals surface area contributed by atoms with Crippen LogP contribution in [-0.4, -0.2) is 55.0 Å². The second-order valence-corrected chi connectivity index (χ2v) is 11.7. The van der Waals surface area contributed by atoms with E-state index < -0.39 is 42.1 Å². The summed E-state index contributed by atoms with van der Waals surface area (Å²) in [6, 6.07) is 38.9. The number of carbonyl (C=O) groups excluding carboxylic acids is 1. The van der Waals surface area contributed by atoms with Crippen LogP contribution in [0.3, 0.4) is 0 Å². The van der Waals surface area contributed by atoms with Gasteiger partial charge >= 0.3 is 5.97 Å². The van der Waals surface area contributed by atoms with E-state index in [4.69, 9.17) is 28.4 Å². The molecule has 252 valence electrons. The summed E-state index contributed by atoms with van der Waals surface area (Å²) in [6.45, 7) is 4.74. The topological polar surface area (TPSA) is 92.7 Å². The van der Waals surface area contributed by atoms with Crippen LogP contribution in [0.5, 0.6) is 0 Å². The molecule has 0 radical (unpaired) electrons. The molecule has 1 aliphatic rings. The van der Waals surface area contributed by atoms with Crippen molar-refractivity contribution in [3.8, 4) is 0 Å². The standard InChI is InChI=1S/C40H44O8/c1-3-16-34(39(41)43-2)40(42)38(47-28-33-23-14-7-15-24-33)37(46-27-32-21-12-6-13-22-32)36(45-26-31-19-10-5-11-20-31)35(48-40)29-44-25-30-17-8-4-9-18-30/h3-15,17-24,34-38,42H,1,16,25-29H2,2H3/t34?,35?,36-,37?,38?,40+/m1/s1. The van der Waals surface area contributed by atoms with Crippen LogP contribution in [0.2, 0.25) is 0 Å². The second kappa shape index (κ2) is 17.8. The number of carbonyl (C=O) groups is 1. The largest absolute Gasteiger partial charge is 0.469 e. The van der Waals surface area contributed by atoms with Gasteiger partial charge in [-0.25, -0.2) is 0 Å². The monoisotopic (exact) mass is 652 g/mol. The van der Waals surface area contributed by atoms with E-state index in [2.05, 4.69) is 6.58 Å². The van der Waals surface area contributed by atoms with Crippen molar-refractivity contribution >= 4 is 5.97 Å². The third-order valence-electron chi connectivity index (χ3n) is 8.36. The van der Waals surface area contributed by atoms with Crippen molar-refractivity contribution in [1.82, 2.24) is 0 Å². The van der Waals surface area contributed by atoms with Crippen LogP contribution in [0.4, 0.5) is 0 Å². The van der Waals surface area contributed by atoms with Crippen molar-refractivity contribution in [3.63, 3.8) is 0 Å². The van der Waals surface area contributed by atoms with Crippen molar-refractivity contribution in [3.05, 3.63) is 156 Å². The normalized spacial score (nSPS) is 22.9. The lowest BCUT2D eigenvalue weighted by molar-refractivity contribution is -0.383. The molecule has 0 bridgehead atoms. The lowest BCUT2D eigenvalue weighted by atomic mass is 9.82. The van der Waals surface area contributed by atoms with Gasteiger partial charge in [-0.1, -0.05) is 127 Å². The fourth-order valence-electron chi connectivity index (χ4n) is 5.91.